The van der Waals surface area contributed by atoms with Crippen molar-refractivity contribution in [2.45, 2.75) is 11.7 Å². The molecule has 5 nitrogen and oxygen atoms in total. The molecular weight excluding hydrogens is 186 g/mol. The normalized spacial score (nSPS) is 48.0. The average Bonchev–Trinajstić information content (AvgIpc) is 2.75. The highest BCUT2D eigenvalue weighted by molar-refractivity contribution is 5.90. The van der Waals surface area contributed by atoms with E-state index < -0.39 is 29.5 Å². The van der Waals surface area contributed by atoms with Crippen LogP contribution in [0, 0.1) is 11.8 Å². The summed E-state index contributed by atoms with van der Waals surface area (Å²) in [4.78, 5) is 22.4. The summed E-state index contributed by atoms with van der Waals surface area (Å²) in [5.74, 6) is -2.43. The summed E-state index contributed by atoms with van der Waals surface area (Å²) in [6.45, 7) is 0.396. The van der Waals surface area contributed by atoms with Gasteiger partial charge in [-0.2, -0.15) is 0 Å². The number of rotatable bonds is 1. The van der Waals surface area contributed by atoms with E-state index in [9.17, 15) is 9.59 Å². The fourth-order valence-corrected chi connectivity index (χ4v) is 2.67. The minimum atomic E-state index is -0.955. The summed E-state index contributed by atoms with van der Waals surface area (Å²) in [6, 6.07) is 0. The van der Waals surface area contributed by atoms with E-state index in [4.69, 9.17) is 9.84 Å². The molecule has 3 aliphatic rings. The monoisotopic (exact) mass is 195 g/mol. The van der Waals surface area contributed by atoms with Crippen LogP contribution in [0.15, 0.2) is 12.2 Å². The Morgan fingerprint density at radius 1 is 1.71 bits per heavy atom. The number of hydrogen-bond acceptors (Lipinski definition) is 3. The lowest BCUT2D eigenvalue weighted by Crippen LogP contribution is -2.38. The van der Waals surface area contributed by atoms with E-state index in [1.807, 2.05) is 6.08 Å². The summed E-state index contributed by atoms with van der Waals surface area (Å²) >= 11 is 0. The minimum absolute atomic E-state index is 0.204. The second-order valence-electron chi connectivity index (χ2n) is 3.96. The van der Waals surface area contributed by atoms with Crippen LogP contribution in [0.2, 0.25) is 0 Å². The van der Waals surface area contributed by atoms with Gasteiger partial charge in [0.05, 0.1) is 18.6 Å². The molecule has 2 bridgehead atoms. The average molecular weight is 195 g/mol. The summed E-state index contributed by atoms with van der Waals surface area (Å²) in [7, 11) is 0. The van der Waals surface area contributed by atoms with E-state index in [0.29, 0.717) is 6.54 Å². The van der Waals surface area contributed by atoms with Gasteiger partial charge in [0.25, 0.3) is 0 Å². The first kappa shape index (κ1) is 7.99. The van der Waals surface area contributed by atoms with Crippen LogP contribution in [-0.4, -0.2) is 35.2 Å². The molecule has 0 aromatic rings. The van der Waals surface area contributed by atoms with Crippen LogP contribution in [0.3, 0.4) is 0 Å². The van der Waals surface area contributed by atoms with Crippen molar-refractivity contribution in [1.29, 1.82) is 0 Å². The van der Waals surface area contributed by atoms with Gasteiger partial charge in [-0.05, 0) is 0 Å². The molecule has 2 N–H and O–H groups in total. The Labute approximate surface area is 79.7 Å². The van der Waals surface area contributed by atoms with Gasteiger partial charge in [0, 0.05) is 0 Å². The number of amides is 1. The Kier molecular flexibility index (Phi) is 1.24. The van der Waals surface area contributed by atoms with E-state index in [1.54, 1.807) is 6.08 Å². The van der Waals surface area contributed by atoms with Gasteiger partial charge in [0.2, 0.25) is 5.91 Å². The zero-order chi connectivity index (χ0) is 9.92. The lowest BCUT2D eigenvalue weighted by Gasteiger charge is -2.21. The van der Waals surface area contributed by atoms with Crippen LogP contribution in [-0.2, 0) is 14.3 Å². The molecule has 1 amide bonds. The lowest BCUT2D eigenvalue weighted by atomic mass is 9.77. The molecule has 3 rings (SSSR count). The smallest absolute Gasteiger partial charge is 0.310 e. The van der Waals surface area contributed by atoms with Gasteiger partial charge in [-0.25, -0.2) is 0 Å². The van der Waals surface area contributed by atoms with Crippen molar-refractivity contribution in [1.82, 2.24) is 5.32 Å². The highest BCUT2D eigenvalue weighted by atomic mass is 16.5. The van der Waals surface area contributed by atoms with Crippen molar-refractivity contribution < 1.29 is 19.4 Å². The number of carboxylic acids is 1. The highest BCUT2D eigenvalue weighted by Gasteiger charge is 2.64. The second-order valence-corrected chi connectivity index (χ2v) is 3.96. The van der Waals surface area contributed by atoms with Gasteiger partial charge >= 0.3 is 5.97 Å². The topological polar surface area (TPSA) is 75.6 Å². The maximum absolute atomic E-state index is 11.5. The standard InChI is InChI=1S/C9H9NO4/c11-7-6-5(8(12)13)4-1-2-9(6,14-4)3-10-7/h1-2,4-6H,3H2,(H,10,11)(H,12,13)/t4-,5-,6-,9+/m1/s1. The molecule has 14 heavy (non-hydrogen) atoms. The first-order valence-corrected chi connectivity index (χ1v) is 4.52. The number of fused-ring (bicyclic) bond motifs is 1. The molecule has 0 unspecified atom stereocenters. The molecule has 3 aliphatic heterocycles. The molecule has 0 aromatic heterocycles. The van der Waals surface area contributed by atoms with Gasteiger partial charge in [-0.1, -0.05) is 12.2 Å². The van der Waals surface area contributed by atoms with E-state index in [0.717, 1.165) is 0 Å². The van der Waals surface area contributed by atoms with Crippen LogP contribution < -0.4 is 5.32 Å². The summed E-state index contributed by atoms with van der Waals surface area (Å²) in [6.07, 6.45) is 3.14. The Morgan fingerprint density at radius 3 is 3.21 bits per heavy atom. The third-order valence-electron chi connectivity index (χ3n) is 3.27. The van der Waals surface area contributed by atoms with E-state index >= 15 is 0 Å². The largest absolute Gasteiger partial charge is 0.481 e. The first-order valence-electron chi connectivity index (χ1n) is 4.52. The number of carbonyl (C=O) groups is 2. The van der Waals surface area contributed by atoms with Crippen molar-refractivity contribution >= 4 is 11.9 Å². The predicted octanol–water partition coefficient (Wildman–Crippen LogP) is -0.859. The van der Waals surface area contributed by atoms with Gasteiger partial charge in [0.1, 0.15) is 11.5 Å². The van der Waals surface area contributed by atoms with Gasteiger partial charge in [-0.3, -0.25) is 9.59 Å². The zero-order valence-electron chi connectivity index (χ0n) is 7.27. The van der Waals surface area contributed by atoms with Crippen molar-refractivity contribution in [3.63, 3.8) is 0 Å². The predicted molar refractivity (Wildman–Crippen MR) is 44.4 cm³/mol. The van der Waals surface area contributed by atoms with Crippen LogP contribution in [0.4, 0.5) is 0 Å². The van der Waals surface area contributed by atoms with E-state index in [-0.39, 0.29) is 5.91 Å². The number of ether oxygens (including phenoxy) is 1. The summed E-state index contributed by atoms with van der Waals surface area (Å²) < 4.78 is 5.55. The van der Waals surface area contributed by atoms with Crippen LogP contribution in [0.1, 0.15) is 0 Å². The summed E-state index contributed by atoms with van der Waals surface area (Å²) in [5, 5.41) is 11.6. The Balaban J connectivity index is 2.08. The third kappa shape index (κ3) is 0.698. The van der Waals surface area contributed by atoms with Crippen molar-refractivity contribution in [2.24, 2.45) is 11.8 Å². The van der Waals surface area contributed by atoms with Crippen LogP contribution >= 0.6 is 0 Å². The summed E-state index contributed by atoms with van der Waals surface area (Å²) in [5.41, 5.74) is -0.676. The molecule has 2 saturated heterocycles. The molecule has 74 valence electrons. The third-order valence-corrected chi connectivity index (χ3v) is 3.27. The number of carboxylic acid groups (broad SMARTS) is 1. The molecule has 0 saturated carbocycles. The first-order chi connectivity index (χ1) is 6.64. The zero-order valence-corrected chi connectivity index (χ0v) is 7.27. The van der Waals surface area contributed by atoms with Crippen molar-refractivity contribution in [2.75, 3.05) is 6.54 Å². The minimum Gasteiger partial charge on any atom is -0.481 e. The van der Waals surface area contributed by atoms with Gasteiger partial charge in [0.15, 0.2) is 0 Å². The van der Waals surface area contributed by atoms with Gasteiger partial charge < -0.3 is 15.2 Å². The molecule has 2 fully saturated rings. The number of aliphatic carboxylic acids is 1. The quantitative estimate of drug-likeness (QED) is 0.534. The second kappa shape index (κ2) is 2.17. The maximum Gasteiger partial charge on any atom is 0.310 e. The Morgan fingerprint density at radius 2 is 2.50 bits per heavy atom. The maximum atomic E-state index is 11.5. The van der Waals surface area contributed by atoms with E-state index in [1.165, 1.54) is 0 Å². The highest BCUT2D eigenvalue weighted by Crippen LogP contribution is 2.49. The molecule has 1 spiro atoms. The molecule has 0 aromatic carbocycles. The molecular formula is C9H9NO4. The molecule has 5 heteroatoms. The molecule has 3 heterocycles. The number of carbonyl (C=O) groups excluding carboxylic acids is 1. The van der Waals surface area contributed by atoms with Crippen molar-refractivity contribution in [3.05, 3.63) is 12.2 Å². The Hall–Kier alpha value is -1.36. The van der Waals surface area contributed by atoms with Gasteiger partial charge in [-0.15, -0.1) is 0 Å². The van der Waals surface area contributed by atoms with Crippen molar-refractivity contribution in [3.8, 4) is 0 Å². The van der Waals surface area contributed by atoms with E-state index in [2.05, 4.69) is 5.32 Å². The van der Waals surface area contributed by atoms with Crippen LogP contribution in [0.25, 0.3) is 0 Å². The molecule has 0 aliphatic carbocycles. The fourth-order valence-electron chi connectivity index (χ4n) is 2.67. The fraction of sp³-hybridized carbons (Fsp3) is 0.556. The SMILES string of the molecule is O=C(O)[C@@H]1[C@H]2C=C[C@@]3(CNC(=O)[C@@H]13)O2. The number of nitrogens with one attached hydrogen (secondary N) is 1. The lowest BCUT2D eigenvalue weighted by molar-refractivity contribution is -0.146. The Bertz CT molecular complexity index is 364. The molecule has 0 radical (unpaired) electrons. The molecule has 4 atom stereocenters. The van der Waals surface area contributed by atoms with Crippen LogP contribution in [0.5, 0.6) is 0 Å². The number of hydrogen-bond donors (Lipinski definition) is 2.